The molecule has 1 aromatic carbocycles. The van der Waals surface area contributed by atoms with Gasteiger partial charge in [0, 0.05) is 18.3 Å². The Morgan fingerprint density at radius 3 is 2.95 bits per heavy atom. The third-order valence-electron chi connectivity index (χ3n) is 3.68. The average Bonchev–Trinajstić information content (AvgIpc) is 2.97. The van der Waals surface area contributed by atoms with E-state index in [9.17, 15) is 0 Å². The molecule has 1 N–H and O–H groups in total. The zero-order chi connectivity index (χ0) is 14.7. The number of aryl methyl sites for hydroxylation is 1. The third kappa shape index (κ3) is 2.88. The molecule has 5 heteroatoms. The van der Waals surface area contributed by atoms with E-state index >= 15 is 0 Å². The molecular formula is C16H21N3O2. The predicted molar refractivity (Wildman–Crippen MR) is 80.7 cm³/mol. The Hall–Kier alpha value is -2.01. The molecule has 0 saturated heterocycles. The third-order valence-corrected chi connectivity index (χ3v) is 3.68. The molecule has 1 aromatic heterocycles. The van der Waals surface area contributed by atoms with Crippen LogP contribution >= 0.6 is 0 Å². The molecule has 0 bridgehead atoms. The second kappa shape index (κ2) is 6.18. The smallest absolute Gasteiger partial charge is 0.161 e. The van der Waals surface area contributed by atoms with Crippen LogP contribution in [0.15, 0.2) is 36.7 Å². The fourth-order valence-corrected chi connectivity index (χ4v) is 2.66. The van der Waals surface area contributed by atoms with Crippen molar-refractivity contribution in [2.75, 3.05) is 13.7 Å². The van der Waals surface area contributed by atoms with Gasteiger partial charge in [0.1, 0.15) is 6.61 Å². The fourth-order valence-electron chi connectivity index (χ4n) is 2.66. The zero-order valence-electron chi connectivity index (χ0n) is 12.5. The van der Waals surface area contributed by atoms with E-state index in [1.165, 1.54) is 0 Å². The van der Waals surface area contributed by atoms with Gasteiger partial charge in [-0.2, -0.15) is 5.10 Å². The lowest BCUT2D eigenvalue weighted by Gasteiger charge is -2.31. The highest BCUT2D eigenvalue weighted by atomic mass is 16.6. The van der Waals surface area contributed by atoms with E-state index in [2.05, 4.69) is 23.5 Å². The quantitative estimate of drug-likeness (QED) is 0.917. The lowest BCUT2D eigenvalue weighted by molar-refractivity contribution is 0.0638. The van der Waals surface area contributed by atoms with E-state index in [0.717, 1.165) is 30.0 Å². The SMILES string of the molecule is CCCn1cc(C(NC)C2COc3ccccc3O2)cn1. The summed E-state index contributed by atoms with van der Waals surface area (Å²) in [4.78, 5) is 0. The molecule has 0 amide bonds. The van der Waals surface area contributed by atoms with E-state index in [1.807, 2.05) is 42.2 Å². The summed E-state index contributed by atoms with van der Waals surface area (Å²) in [5, 5.41) is 7.71. The molecule has 2 atom stereocenters. The molecule has 1 aliphatic rings. The van der Waals surface area contributed by atoms with Gasteiger partial charge in [-0.05, 0) is 25.6 Å². The van der Waals surface area contributed by atoms with Crippen molar-refractivity contribution in [3.05, 3.63) is 42.2 Å². The van der Waals surface area contributed by atoms with Gasteiger partial charge in [-0.15, -0.1) is 0 Å². The lowest BCUT2D eigenvalue weighted by atomic mass is 10.0. The van der Waals surface area contributed by atoms with Crippen LogP contribution in [0.1, 0.15) is 24.9 Å². The molecule has 0 spiro atoms. The van der Waals surface area contributed by atoms with Gasteiger partial charge in [0.15, 0.2) is 17.6 Å². The van der Waals surface area contributed by atoms with Crippen LogP contribution in [0.25, 0.3) is 0 Å². The number of nitrogens with one attached hydrogen (secondary N) is 1. The molecule has 21 heavy (non-hydrogen) atoms. The Kier molecular flexibility index (Phi) is 4.10. The highest BCUT2D eigenvalue weighted by molar-refractivity contribution is 5.41. The minimum Gasteiger partial charge on any atom is -0.486 e. The number of hydrogen-bond acceptors (Lipinski definition) is 4. The topological polar surface area (TPSA) is 48.3 Å². The van der Waals surface area contributed by atoms with Gasteiger partial charge in [0.2, 0.25) is 0 Å². The maximum Gasteiger partial charge on any atom is 0.161 e. The second-order valence-corrected chi connectivity index (χ2v) is 5.22. The normalized spacial score (nSPS) is 18.5. The molecule has 0 saturated carbocycles. The largest absolute Gasteiger partial charge is 0.486 e. The Morgan fingerprint density at radius 2 is 2.19 bits per heavy atom. The number of nitrogens with zero attached hydrogens (tertiary/aromatic N) is 2. The van der Waals surface area contributed by atoms with Crippen molar-refractivity contribution < 1.29 is 9.47 Å². The first kappa shape index (κ1) is 13.9. The van der Waals surface area contributed by atoms with Crippen molar-refractivity contribution in [2.24, 2.45) is 0 Å². The number of para-hydroxylation sites is 2. The van der Waals surface area contributed by atoms with E-state index in [1.54, 1.807) is 0 Å². The summed E-state index contributed by atoms with van der Waals surface area (Å²) in [6, 6.07) is 7.84. The van der Waals surface area contributed by atoms with Crippen LogP contribution in [0.4, 0.5) is 0 Å². The lowest BCUT2D eigenvalue weighted by Crippen LogP contribution is -2.40. The van der Waals surface area contributed by atoms with Gasteiger partial charge in [-0.25, -0.2) is 0 Å². The summed E-state index contributed by atoms with van der Waals surface area (Å²) < 4.78 is 13.9. The van der Waals surface area contributed by atoms with Crippen molar-refractivity contribution in [3.8, 4) is 11.5 Å². The highest BCUT2D eigenvalue weighted by Gasteiger charge is 2.29. The minimum atomic E-state index is -0.0656. The highest BCUT2D eigenvalue weighted by Crippen LogP contribution is 2.34. The van der Waals surface area contributed by atoms with Gasteiger partial charge in [0.05, 0.1) is 12.2 Å². The van der Waals surface area contributed by atoms with Gasteiger partial charge in [0.25, 0.3) is 0 Å². The summed E-state index contributed by atoms with van der Waals surface area (Å²) in [6.07, 6.45) is 4.99. The molecule has 1 aliphatic heterocycles. The molecular weight excluding hydrogens is 266 g/mol. The first-order valence-electron chi connectivity index (χ1n) is 7.40. The molecule has 5 nitrogen and oxygen atoms in total. The number of aromatic nitrogens is 2. The summed E-state index contributed by atoms with van der Waals surface area (Å²) in [5.41, 5.74) is 1.12. The van der Waals surface area contributed by atoms with Crippen molar-refractivity contribution in [1.82, 2.24) is 15.1 Å². The summed E-state index contributed by atoms with van der Waals surface area (Å²) in [6.45, 7) is 3.61. The molecule has 0 radical (unpaired) electrons. The number of likely N-dealkylation sites (N-methyl/N-ethyl adjacent to an activating group) is 1. The van der Waals surface area contributed by atoms with Crippen molar-refractivity contribution in [1.29, 1.82) is 0 Å². The Morgan fingerprint density at radius 1 is 1.38 bits per heavy atom. The standard InChI is InChI=1S/C16H21N3O2/c1-3-8-19-10-12(9-18-19)16(17-2)15-11-20-13-6-4-5-7-14(13)21-15/h4-7,9-10,15-17H,3,8,11H2,1-2H3. The van der Waals surface area contributed by atoms with E-state index in [4.69, 9.17) is 9.47 Å². The second-order valence-electron chi connectivity index (χ2n) is 5.22. The van der Waals surface area contributed by atoms with Gasteiger partial charge >= 0.3 is 0 Å². The predicted octanol–water partition coefficient (Wildman–Crippen LogP) is 2.39. The Balaban J connectivity index is 1.77. The molecule has 112 valence electrons. The first-order valence-corrected chi connectivity index (χ1v) is 7.40. The molecule has 0 aliphatic carbocycles. The minimum absolute atomic E-state index is 0.0592. The van der Waals surface area contributed by atoms with Crippen LogP contribution in [0.5, 0.6) is 11.5 Å². The van der Waals surface area contributed by atoms with Crippen LogP contribution in [0, 0.1) is 0 Å². The molecule has 2 heterocycles. The van der Waals surface area contributed by atoms with Crippen LogP contribution in [0.3, 0.4) is 0 Å². The number of rotatable bonds is 5. The van der Waals surface area contributed by atoms with Crippen LogP contribution < -0.4 is 14.8 Å². The van der Waals surface area contributed by atoms with Crippen molar-refractivity contribution in [2.45, 2.75) is 32.0 Å². The summed E-state index contributed by atoms with van der Waals surface area (Å²) >= 11 is 0. The first-order chi connectivity index (χ1) is 10.3. The zero-order valence-corrected chi connectivity index (χ0v) is 12.5. The average molecular weight is 287 g/mol. The number of hydrogen-bond donors (Lipinski definition) is 1. The summed E-state index contributed by atoms with van der Waals surface area (Å²) in [5.74, 6) is 1.61. The van der Waals surface area contributed by atoms with Crippen LogP contribution in [-0.2, 0) is 6.54 Å². The maximum atomic E-state index is 6.08. The number of benzene rings is 1. The van der Waals surface area contributed by atoms with E-state index in [0.29, 0.717) is 6.61 Å². The molecule has 2 aromatic rings. The van der Waals surface area contributed by atoms with Gasteiger partial charge < -0.3 is 14.8 Å². The van der Waals surface area contributed by atoms with Crippen LogP contribution in [-0.4, -0.2) is 29.5 Å². The maximum absolute atomic E-state index is 6.08. The van der Waals surface area contributed by atoms with Gasteiger partial charge in [-0.3, -0.25) is 4.68 Å². The number of fused-ring (bicyclic) bond motifs is 1. The van der Waals surface area contributed by atoms with E-state index < -0.39 is 0 Å². The Bertz CT molecular complexity index is 597. The molecule has 3 rings (SSSR count). The van der Waals surface area contributed by atoms with Crippen LogP contribution in [0.2, 0.25) is 0 Å². The number of ether oxygens (including phenoxy) is 2. The fraction of sp³-hybridized carbons (Fsp3) is 0.438. The van der Waals surface area contributed by atoms with Gasteiger partial charge in [-0.1, -0.05) is 19.1 Å². The van der Waals surface area contributed by atoms with Crippen molar-refractivity contribution in [3.63, 3.8) is 0 Å². The molecule has 0 fully saturated rings. The monoisotopic (exact) mass is 287 g/mol. The Labute approximate surface area is 124 Å². The van der Waals surface area contributed by atoms with Crippen molar-refractivity contribution >= 4 is 0 Å². The summed E-state index contributed by atoms with van der Waals surface area (Å²) in [7, 11) is 1.94. The van der Waals surface area contributed by atoms with E-state index in [-0.39, 0.29) is 12.1 Å². The molecule has 2 unspecified atom stereocenters.